The number of nitrogens with zero attached hydrogens (tertiary/aromatic N) is 4. The van der Waals surface area contributed by atoms with Crippen LogP contribution in [-0.2, 0) is 16.8 Å². The van der Waals surface area contributed by atoms with Crippen LogP contribution in [0.3, 0.4) is 0 Å². The molecule has 120 valence electrons. The van der Waals surface area contributed by atoms with Gasteiger partial charge in [-0.3, -0.25) is 4.79 Å². The summed E-state index contributed by atoms with van der Waals surface area (Å²) in [5.41, 5.74) is 0.0562. The fraction of sp³-hybridized carbons (Fsp3) is 0.333. The molecule has 0 saturated carbocycles. The van der Waals surface area contributed by atoms with E-state index in [0.29, 0.717) is 12.4 Å². The minimum atomic E-state index is -0.718. The Morgan fingerprint density at radius 2 is 2.22 bits per heavy atom. The third-order valence-electron chi connectivity index (χ3n) is 3.54. The normalized spacial score (nSPS) is 11.6. The van der Waals surface area contributed by atoms with Crippen LogP contribution in [0, 0.1) is 0 Å². The molecule has 1 amide bonds. The Labute approximate surface area is 141 Å². The predicted octanol–water partition coefficient (Wildman–Crippen LogP) is 3.19. The average Bonchev–Trinajstić information content (AvgIpc) is 3.26. The van der Waals surface area contributed by atoms with Crippen molar-refractivity contribution >= 4 is 28.6 Å². The lowest BCUT2D eigenvalue weighted by Gasteiger charge is -2.27. The van der Waals surface area contributed by atoms with Gasteiger partial charge in [0.25, 0.3) is 0 Å². The number of aromatic nitrogens is 3. The Kier molecular flexibility index (Phi) is 4.27. The average molecular weight is 348 g/mol. The molecule has 0 atom stereocenters. The smallest absolute Gasteiger partial charge is 0.234 e. The highest BCUT2D eigenvalue weighted by atomic mass is 32.1. The van der Waals surface area contributed by atoms with Gasteiger partial charge in [-0.15, -0.1) is 22.7 Å². The minimum absolute atomic E-state index is 0.0367. The van der Waals surface area contributed by atoms with Crippen LogP contribution in [0.25, 0.3) is 9.88 Å². The Morgan fingerprint density at radius 1 is 1.39 bits per heavy atom. The van der Waals surface area contributed by atoms with Crippen molar-refractivity contribution in [2.45, 2.75) is 25.8 Å². The number of likely N-dealkylation sites (N-methyl/N-ethyl adjacent to an activating group) is 1. The van der Waals surface area contributed by atoms with E-state index < -0.39 is 5.41 Å². The molecular weight excluding hydrogens is 332 g/mol. The summed E-state index contributed by atoms with van der Waals surface area (Å²) in [6.45, 7) is 4.07. The second-order valence-corrected chi connectivity index (χ2v) is 7.45. The van der Waals surface area contributed by atoms with Crippen molar-refractivity contribution in [3.63, 3.8) is 0 Å². The maximum absolute atomic E-state index is 12.8. The van der Waals surface area contributed by atoms with Crippen molar-refractivity contribution in [2.24, 2.45) is 0 Å². The van der Waals surface area contributed by atoms with Gasteiger partial charge < -0.3 is 9.42 Å². The number of hydrogen-bond donors (Lipinski definition) is 0. The maximum atomic E-state index is 12.8. The second-order valence-electron chi connectivity index (χ2n) is 5.65. The van der Waals surface area contributed by atoms with E-state index >= 15 is 0 Å². The van der Waals surface area contributed by atoms with Gasteiger partial charge in [0.05, 0.1) is 22.5 Å². The third-order valence-corrected chi connectivity index (χ3v) is 5.42. The summed E-state index contributed by atoms with van der Waals surface area (Å²) >= 11 is 3.20. The molecule has 0 saturated heterocycles. The van der Waals surface area contributed by atoms with Gasteiger partial charge >= 0.3 is 0 Å². The maximum Gasteiger partial charge on any atom is 0.234 e. The third kappa shape index (κ3) is 3.18. The molecule has 0 aromatic carbocycles. The quantitative estimate of drug-likeness (QED) is 0.708. The fourth-order valence-corrected chi connectivity index (χ4v) is 4.01. The summed E-state index contributed by atoms with van der Waals surface area (Å²) in [6, 6.07) is 4.03. The summed E-state index contributed by atoms with van der Waals surface area (Å²) in [5.74, 6) is 0.444. The molecule has 3 heterocycles. The SMILES string of the molecule is CN(Cc1ncon1)C(=O)C(C)(C)c1csc(-c2cccs2)n1. The van der Waals surface area contributed by atoms with Crippen molar-refractivity contribution < 1.29 is 9.32 Å². The van der Waals surface area contributed by atoms with Crippen LogP contribution in [0.2, 0.25) is 0 Å². The van der Waals surface area contributed by atoms with Gasteiger partial charge in [0.2, 0.25) is 12.3 Å². The zero-order valence-corrected chi connectivity index (χ0v) is 14.6. The summed E-state index contributed by atoms with van der Waals surface area (Å²) in [7, 11) is 1.73. The standard InChI is InChI=1S/C15H16N4O2S2/c1-15(2,14(20)19(3)7-12-16-9-21-18-12)11-8-23-13(17-11)10-5-4-6-22-10/h4-6,8-9H,7H2,1-3H3. The molecule has 0 aliphatic rings. The number of rotatable bonds is 5. The molecule has 0 bridgehead atoms. The summed E-state index contributed by atoms with van der Waals surface area (Å²) in [6.07, 6.45) is 1.26. The van der Waals surface area contributed by atoms with E-state index in [4.69, 9.17) is 4.52 Å². The van der Waals surface area contributed by atoms with E-state index in [9.17, 15) is 4.79 Å². The molecule has 0 spiro atoms. The minimum Gasteiger partial charge on any atom is -0.343 e. The molecular formula is C15H16N4O2S2. The van der Waals surface area contributed by atoms with Crippen molar-refractivity contribution in [1.29, 1.82) is 0 Å². The molecule has 23 heavy (non-hydrogen) atoms. The van der Waals surface area contributed by atoms with Crippen LogP contribution in [0.5, 0.6) is 0 Å². The first-order valence-corrected chi connectivity index (χ1v) is 8.75. The first-order chi connectivity index (χ1) is 11.0. The molecule has 0 aliphatic heterocycles. The lowest BCUT2D eigenvalue weighted by atomic mass is 9.88. The molecule has 0 unspecified atom stereocenters. The predicted molar refractivity (Wildman–Crippen MR) is 89.2 cm³/mol. The number of thiophene rings is 1. The van der Waals surface area contributed by atoms with Crippen LogP contribution >= 0.6 is 22.7 Å². The van der Waals surface area contributed by atoms with E-state index in [1.807, 2.05) is 36.7 Å². The van der Waals surface area contributed by atoms with E-state index in [0.717, 1.165) is 15.6 Å². The van der Waals surface area contributed by atoms with Crippen LogP contribution < -0.4 is 0 Å². The van der Waals surface area contributed by atoms with Gasteiger partial charge in [-0.25, -0.2) is 4.98 Å². The van der Waals surface area contributed by atoms with Gasteiger partial charge in [-0.2, -0.15) is 4.98 Å². The molecule has 0 fully saturated rings. The number of carbonyl (C=O) groups is 1. The summed E-state index contributed by atoms with van der Waals surface area (Å²) in [4.78, 5) is 24.1. The van der Waals surface area contributed by atoms with E-state index in [1.54, 1.807) is 34.6 Å². The molecule has 0 aliphatic carbocycles. The van der Waals surface area contributed by atoms with Gasteiger partial charge in [-0.1, -0.05) is 11.2 Å². The first kappa shape index (κ1) is 15.8. The zero-order valence-electron chi connectivity index (χ0n) is 13.0. The van der Waals surface area contributed by atoms with Crippen LogP contribution in [0.4, 0.5) is 0 Å². The Hall–Kier alpha value is -2.06. The van der Waals surface area contributed by atoms with Crippen LogP contribution in [0.15, 0.2) is 33.8 Å². The van der Waals surface area contributed by atoms with Gasteiger partial charge in [0, 0.05) is 12.4 Å². The number of thiazole rings is 1. The lowest BCUT2D eigenvalue weighted by Crippen LogP contribution is -2.41. The van der Waals surface area contributed by atoms with Crippen LogP contribution in [0.1, 0.15) is 25.4 Å². The molecule has 3 aromatic rings. The second kappa shape index (κ2) is 6.21. The van der Waals surface area contributed by atoms with Gasteiger partial charge in [-0.05, 0) is 25.3 Å². The van der Waals surface area contributed by atoms with Crippen LogP contribution in [-0.4, -0.2) is 33.0 Å². The zero-order chi connectivity index (χ0) is 16.4. The molecule has 6 nitrogen and oxygen atoms in total. The van der Waals surface area contributed by atoms with E-state index in [2.05, 4.69) is 15.1 Å². The Bertz CT molecular complexity index is 778. The number of carbonyl (C=O) groups excluding carboxylic acids is 1. The van der Waals surface area contributed by atoms with E-state index in [1.165, 1.54) is 6.39 Å². The number of amides is 1. The molecule has 0 radical (unpaired) electrons. The summed E-state index contributed by atoms with van der Waals surface area (Å²) < 4.78 is 4.70. The Balaban J connectivity index is 1.78. The largest absolute Gasteiger partial charge is 0.343 e. The molecule has 3 rings (SSSR count). The highest BCUT2D eigenvalue weighted by Crippen LogP contribution is 2.33. The fourth-order valence-electron chi connectivity index (χ4n) is 2.21. The molecule has 0 N–H and O–H groups in total. The Morgan fingerprint density at radius 3 is 2.87 bits per heavy atom. The molecule has 3 aromatic heterocycles. The van der Waals surface area contributed by atoms with Crippen molar-refractivity contribution in [3.05, 3.63) is 40.8 Å². The highest BCUT2D eigenvalue weighted by molar-refractivity contribution is 7.20. The number of hydrogen-bond acceptors (Lipinski definition) is 7. The van der Waals surface area contributed by atoms with Crippen molar-refractivity contribution in [3.8, 4) is 9.88 Å². The van der Waals surface area contributed by atoms with Crippen molar-refractivity contribution in [1.82, 2.24) is 20.0 Å². The lowest BCUT2D eigenvalue weighted by molar-refractivity contribution is -0.135. The highest BCUT2D eigenvalue weighted by Gasteiger charge is 2.35. The van der Waals surface area contributed by atoms with Crippen molar-refractivity contribution in [2.75, 3.05) is 7.05 Å². The van der Waals surface area contributed by atoms with E-state index in [-0.39, 0.29) is 5.91 Å². The van der Waals surface area contributed by atoms with Gasteiger partial charge in [0.15, 0.2) is 5.82 Å². The summed E-state index contributed by atoms with van der Waals surface area (Å²) in [5, 5.41) is 8.65. The topological polar surface area (TPSA) is 72.1 Å². The monoisotopic (exact) mass is 348 g/mol. The van der Waals surface area contributed by atoms with Gasteiger partial charge in [0.1, 0.15) is 5.01 Å². The molecule has 8 heteroatoms. The first-order valence-electron chi connectivity index (χ1n) is 6.99.